The Morgan fingerprint density at radius 1 is 1.35 bits per heavy atom. The number of amides is 2. The number of hydrogen-bond acceptors (Lipinski definition) is 3. The summed E-state index contributed by atoms with van der Waals surface area (Å²) in [5, 5.41) is 3.03. The number of carbonyl (C=O) groups excluding carboxylic acids is 2. The van der Waals surface area contributed by atoms with Gasteiger partial charge in [-0.1, -0.05) is 27.2 Å². The van der Waals surface area contributed by atoms with E-state index in [-0.39, 0.29) is 23.8 Å². The first-order valence-electron chi connectivity index (χ1n) is 7.66. The molecular formula is C15H29N3O2. The van der Waals surface area contributed by atoms with Crippen molar-refractivity contribution in [3.8, 4) is 0 Å². The normalized spacial score (nSPS) is 19.8. The Balaban J connectivity index is 2.46. The average molecular weight is 283 g/mol. The van der Waals surface area contributed by atoms with Gasteiger partial charge in [0.2, 0.25) is 11.8 Å². The minimum absolute atomic E-state index is 0.00606. The van der Waals surface area contributed by atoms with Gasteiger partial charge in [-0.15, -0.1) is 0 Å². The summed E-state index contributed by atoms with van der Waals surface area (Å²) in [6, 6.07) is 0.184. The van der Waals surface area contributed by atoms with Crippen molar-refractivity contribution in [3.63, 3.8) is 0 Å². The van der Waals surface area contributed by atoms with E-state index in [0.717, 1.165) is 19.3 Å². The second-order valence-electron chi connectivity index (χ2n) is 6.40. The zero-order chi connectivity index (χ0) is 15.3. The Hall–Kier alpha value is -1.10. The molecule has 2 amide bonds. The highest BCUT2D eigenvalue weighted by Gasteiger charge is 2.34. The van der Waals surface area contributed by atoms with Gasteiger partial charge in [0.15, 0.2) is 0 Å². The van der Waals surface area contributed by atoms with Gasteiger partial charge in [0.05, 0.1) is 5.54 Å². The van der Waals surface area contributed by atoms with Crippen LogP contribution in [0.25, 0.3) is 0 Å². The van der Waals surface area contributed by atoms with Crippen LogP contribution in [0.1, 0.15) is 53.4 Å². The molecule has 20 heavy (non-hydrogen) atoms. The van der Waals surface area contributed by atoms with Crippen LogP contribution < -0.4 is 11.1 Å². The van der Waals surface area contributed by atoms with Crippen LogP contribution >= 0.6 is 0 Å². The molecule has 1 atom stereocenters. The summed E-state index contributed by atoms with van der Waals surface area (Å²) in [7, 11) is 0. The standard InChI is InChI=1S/C15H29N3O2/c1-5-8-15(4,16)14(20)18-9-6-12(7-10-18)17-13(19)11(2)3/h11-12H,5-10,16H2,1-4H3,(H,17,19). The van der Waals surface area contributed by atoms with E-state index in [1.165, 1.54) is 0 Å². The van der Waals surface area contributed by atoms with E-state index in [9.17, 15) is 9.59 Å². The number of nitrogens with one attached hydrogen (secondary N) is 1. The minimum Gasteiger partial charge on any atom is -0.353 e. The zero-order valence-electron chi connectivity index (χ0n) is 13.2. The van der Waals surface area contributed by atoms with E-state index in [1.807, 2.05) is 32.6 Å². The highest BCUT2D eigenvalue weighted by Crippen LogP contribution is 2.18. The largest absolute Gasteiger partial charge is 0.353 e. The lowest BCUT2D eigenvalue weighted by Gasteiger charge is -2.37. The van der Waals surface area contributed by atoms with Crippen LogP contribution in [0.2, 0.25) is 0 Å². The summed E-state index contributed by atoms with van der Waals surface area (Å²) >= 11 is 0. The quantitative estimate of drug-likeness (QED) is 0.798. The molecule has 0 aromatic heterocycles. The van der Waals surface area contributed by atoms with Crippen molar-refractivity contribution in [3.05, 3.63) is 0 Å². The molecule has 1 aliphatic heterocycles. The van der Waals surface area contributed by atoms with E-state index in [0.29, 0.717) is 19.5 Å². The smallest absolute Gasteiger partial charge is 0.242 e. The van der Waals surface area contributed by atoms with Crippen molar-refractivity contribution in [2.45, 2.75) is 65.0 Å². The maximum absolute atomic E-state index is 12.4. The van der Waals surface area contributed by atoms with Crippen molar-refractivity contribution < 1.29 is 9.59 Å². The first-order chi connectivity index (χ1) is 9.27. The fourth-order valence-electron chi connectivity index (χ4n) is 2.58. The number of nitrogens with two attached hydrogens (primary N) is 1. The molecule has 0 aromatic carbocycles. The summed E-state index contributed by atoms with van der Waals surface area (Å²) in [6.45, 7) is 8.98. The summed E-state index contributed by atoms with van der Waals surface area (Å²) in [5.41, 5.74) is 5.33. The van der Waals surface area contributed by atoms with Crippen molar-refractivity contribution >= 4 is 11.8 Å². The summed E-state index contributed by atoms with van der Waals surface area (Å²) < 4.78 is 0. The third-order valence-electron chi connectivity index (χ3n) is 3.91. The first-order valence-corrected chi connectivity index (χ1v) is 7.66. The molecule has 0 aliphatic carbocycles. The minimum atomic E-state index is -0.761. The Labute approximate surface area is 122 Å². The van der Waals surface area contributed by atoms with Crippen molar-refractivity contribution in [2.24, 2.45) is 11.7 Å². The van der Waals surface area contributed by atoms with Gasteiger partial charge >= 0.3 is 0 Å². The Kier molecular flexibility index (Phi) is 5.99. The number of nitrogens with zero attached hydrogens (tertiary/aromatic N) is 1. The van der Waals surface area contributed by atoms with Gasteiger partial charge < -0.3 is 16.0 Å². The Morgan fingerprint density at radius 3 is 2.35 bits per heavy atom. The highest BCUT2D eigenvalue weighted by molar-refractivity contribution is 5.85. The van der Waals surface area contributed by atoms with Crippen LogP contribution in [0.4, 0.5) is 0 Å². The van der Waals surface area contributed by atoms with Crippen LogP contribution in [-0.2, 0) is 9.59 Å². The number of likely N-dealkylation sites (tertiary alicyclic amines) is 1. The molecule has 1 aliphatic rings. The highest BCUT2D eigenvalue weighted by atomic mass is 16.2. The van der Waals surface area contributed by atoms with Crippen LogP contribution in [0.5, 0.6) is 0 Å². The summed E-state index contributed by atoms with van der Waals surface area (Å²) in [5.74, 6) is 0.129. The first kappa shape index (κ1) is 17.0. The molecule has 0 bridgehead atoms. The van der Waals surface area contributed by atoms with Crippen LogP contribution in [0, 0.1) is 5.92 Å². The van der Waals surface area contributed by atoms with Crippen LogP contribution in [-0.4, -0.2) is 41.4 Å². The molecule has 1 heterocycles. The maximum atomic E-state index is 12.4. The average Bonchev–Trinajstić information content (AvgIpc) is 2.38. The fraction of sp³-hybridized carbons (Fsp3) is 0.867. The van der Waals surface area contributed by atoms with Crippen molar-refractivity contribution in [1.82, 2.24) is 10.2 Å². The number of hydrogen-bond donors (Lipinski definition) is 2. The van der Waals surface area contributed by atoms with E-state index in [2.05, 4.69) is 5.32 Å². The molecule has 0 spiro atoms. The van der Waals surface area contributed by atoms with Crippen molar-refractivity contribution in [1.29, 1.82) is 0 Å². The maximum Gasteiger partial charge on any atom is 0.242 e. The van der Waals surface area contributed by atoms with Gasteiger partial charge in [-0.2, -0.15) is 0 Å². The lowest BCUT2D eigenvalue weighted by molar-refractivity contribution is -0.138. The van der Waals surface area contributed by atoms with E-state index in [1.54, 1.807) is 0 Å². The molecule has 1 fully saturated rings. The molecule has 0 saturated carbocycles. The second-order valence-corrected chi connectivity index (χ2v) is 6.40. The van der Waals surface area contributed by atoms with Gasteiger partial charge in [0.25, 0.3) is 0 Å². The molecule has 0 radical (unpaired) electrons. The van der Waals surface area contributed by atoms with Gasteiger partial charge in [0.1, 0.15) is 0 Å². The molecule has 5 nitrogen and oxygen atoms in total. The molecule has 1 saturated heterocycles. The second kappa shape index (κ2) is 7.07. The molecule has 3 N–H and O–H groups in total. The summed E-state index contributed by atoms with van der Waals surface area (Å²) in [6.07, 6.45) is 3.23. The molecule has 1 unspecified atom stereocenters. The van der Waals surface area contributed by atoms with E-state index >= 15 is 0 Å². The predicted octanol–water partition coefficient (Wildman–Crippen LogP) is 1.27. The van der Waals surface area contributed by atoms with Crippen molar-refractivity contribution in [2.75, 3.05) is 13.1 Å². The predicted molar refractivity (Wildman–Crippen MR) is 80.1 cm³/mol. The monoisotopic (exact) mass is 283 g/mol. The molecule has 0 aromatic rings. The van der Waals surface area contributed by atoms with Gasteiger partial charge in [0, 0.05) is 25.0 Å². The molecule has 5 heteroatoms. The number of carbonyl (C=O) groups is 2. The Morgan fingerprint density at radius 2 is 1.90 bits per heavy atom. The number of rotatable bonds is 5. The van der Waals surface area contributed by atoms with Crippen LogP contribution in [0.3, 0.4) is 0 Å². The van der Waals surface area contributed by atoms with E-state index < -0.39 is 5.54 Å². The van der Waals surface area contributed by atoms with Crippen LogP contribution in [0.15, 0.2) is 0 Å². The SMILES string of the molecule is CCCC(C)(N)C(=O)N1CCC(NC(=O)C(C)C)CC1. The lowest BCUT2D eigenvalue weighted by Crippen LogP contribution is -2.56. The summed E-state index contributed by atoms with van der Waals surface area (Å²) in [4.78, 5) is 25.9. The molecule has 1 rings (SSSR count). The Bertz CT molecular complexity index is 345. The third-order valence-corrected chi connectivity index (χ3v) is 3.91. The third kappa shape index (κ3) is 4.47. The topological polar surface area (TPSA) is 75.4 Å². The fourth-order valence-corrected chi connectivity index (χ4v) is 2.58. The van der Waals surface area contributed by atoms with Gasteiger partial charge in [-0.05, 0) is 26.2 Å². The zero-order valence-corrected chi connectivity index (χ0v) is 13.2. The van der Waals surface area contributed by atoms with Gasteiger partial charge in [-0.3, -0.25) is 9.59 Å². The molecular weight excluding hydrogens is 254 g/mol. The number of piperidine rings is 1. The van der Waals surface area contributed by atoms with E-state index in [4.69, 9.17) is 5.73 Å². The lowest BCUT2D eigenvalue weighted by atomic mass is 9.94. The van der Waals surface area contributed by atoms with Gasteiger partial charge in [-0.25, -0.2) is 0 Å². The molecule has 116 valence electrons.